The quantitative estimate of drug-likeness (QED) is 0.867. The molecule has 0 aromatic heterocycles. The summed E-state index contributed by atoms with van der Waals surface area (Å²) in [6, 6.07) is 6.24. The van der Waals surface area contributed by atoms with Gasteiger partial charge in [0.1, 0.15) is 5.75 Å². The third kappa shape index (κ3) is 3.95. The number of rotatable bonds is 6. The summed E-state index contributed by atoms with van der Waals surface area (Å²) in [6.45, 7) is 4.72. The third-order valence-electron chi connectivity index (χ3n) is 3.81. The molecule has 4 nitrogen and oxygen atoms in total. The summed E-state index contributed by atoms with van der Waals surface area (Å²) in [4.78, 5) is 2.29. The van der Waals surface area contributed by atoms with E-state index in [0.717, 1.165) is 31.0 Å². The Labute approximate surface area is 121 Å². The number of nitrogens with zero attached hydrogens (tertiary/aromatic N) is 1. The second-order valence-corrected chi connectivity index (χ2v) is 5.69. The minimum absolute atomic E-state index is 0.0446. The Morgan fingerprint density at radius 2 is 2.30 bits per heavy atom. The molecule has 2 rings (SSSR count). The van der Waals surface area contributed by atoms with E-state index in [1.807, 2.05) is 19.1 Å². The Hall–Kier alpha value is -1.10. The summed E-state index contributed by atoms with van der Waals surface area (Å²) in [5.41, 5.74) is 8.29. The zero-order valence-electron chi connectivity index (χ0n) is 12.8. The number of ether oxygens (including phenoxy) is 2. The molecule has 2 unspecified atom stereocenters. The van der Waals surface area contributed by atoms with Gasteiger partial charge in [0.2, 0.25) is 0 Å². The van der Waals surface area contributed by atoms with Crippen LogP contribution < -0.4 is 10.5 Å². The molecular formula is C16H26N2O2. The molecule has 0 aliphatic carbocycles. The molecule has 1 aromatic carbocycles. The Morgan fingerprint density at radius 1 is 1.50 bits per heavy atom. The molecule has 0 saturated carbocycles. The van der Waals surface area contributed by atoms with Gasteiger partial charge in [0.05, 0.1) is 13.2 Å². The highest BCUT2D eigenvalue weighted by atomic mass is 16.5. The number of methoxy groups -OCH3 is 1. The number of likely N-dealkylation sites (N-methyl/N-ethyl adjacent to an activating group) is 1. The average Bonchev–Trinajstić information content (AvgIpc) is 2.91. The summed E-state index contributed by atoms with van der Waals surface area (Å²) in [6.07, 6.45) is 2.73. The van der Waals surface area contributed by atoms with Crippen LogP contribution >= 0.6 is 0 Å². The molecule has 0 spiro atoms. The van der Waals surface area contributed by atoms with E-state index < -0.39 is 0 Å². The third-order valence-corrected chi connectivity index (χ3v) is 3.81. The molecule has 20 heavy (non-hydrogen) atoms. The monoisotopic (exact) mass is 278 g/mol. The van der Waals surface area contributed by atoms with E-state index in [2.05, 4.69) is 18.0 Å². The molecule has 1 heterocycles. The molecule has 1 aliphatic rings. The van der Waals surface area contributed by atoms with E-state index in [1.165, 1.54) is 18.4 Å². The molecule has 2 N–H and O–H groups in total. The molecule has 1 fully saturated rings. The number of nitrogens with two attached hydrogens (primary N) is 1. The number of hydrogen-bond acceptors (Lipinski definition) is 4. The minimum atomic E-state index is 0.0446. The van der Waals surface area contributed by atoms with Crippen LogP contribution in [-0.4, -0.2) is 38.3 Å². The van der Waals surface area contributed by atoms with Gasteiger partial charge >= 0.3 is 0 Å². The summed E-state index contributed by atoms with van der Waals surface area (Å²) in [5, 5.41) is 0. The van der Waals surface area contributed by atoms with Crippen molar-refractivity contribution in [2.45, 2.75) is 38.5 Å². The largest absolute Gasteiger partial charge is 0.496 e. The first kappa shape index (κ1) is 15.3. The molecule has 4 heteroatoms. The van der Waals surface area contributed by atoms with Crippen molar-refractivity contribution in [2.75, 3.05) is 27.3 Å². The lowest BCUT2D eigenvalue weighted by molar-refractivity contribution is 0.0791. The number of hydrogen-bond donors (Lipinski definition) is 1. The van der Waals surface area contributed by atoms with Crippen molar-refractivity contribution in [2.24, 2.45) is 5.73 Å². The minimum Gasteiger partial charge on any atom is -0.496 e. The Balaban J connectivity index is 2.03. The SMILES string of the molecule is COc1ccc(C(C)N)cc1CN(C)CC1CCCO1. The van der Waals surface area contributed by atoms with Crippen molar-refractivity contribution < 1.29 is 9.47 Å². The summed E-state index contributed by atoms with van der Waals surface area (Å²) < 4.78 is 11.1. The maximum Gasteiger partial charge on any atom is 0.123 e. The van der Waals surface area contributed by atoms with Crippen molar-refractivity contribution >= 4 is 0 Å². The van der Waals surface area contributed by atoms with Crippen molar-refractivity contribution in [1.29, 1.82) is 0 Å². The first-order valence-electron chi connectivity index (χ1n) is 7.32. The molecule has 1 aromatic rings. The van der Waals surface area contributed by atoms with Gasteiger partial charge in [-0.25, -0.2) is 0 Å². The highest BCUT2D eigenvalue weighted by molar-refractivity contribution is 5.38. The van der Waals surface area contributed by atoms with E-state index in [1.54, 1.807) is 7.11 Å². The smallest absolute Gasteiger partial charge is 0.123 e. The van der Waals surface area contributed by atoms with Gasteiger partial charge in [-0.05, 0) is 44.5 Å². The summed E-state index contributed by atoms with van der Waals surface area (Å²) >= 11 is 0. The molecule has 1 aliphatic heterocycles. The van der Waals surface area contributed by atoms with Crippen molar-refractivity contribution in [3.63, 3.8) is 0 Å². The lowest BCUT2D eigenvalue weighted by atomic mass is 10.0. The van der Waals surface area contributed by atoms with E-state index in [9.17, 15) is 0 Å². The summed E-state index contributed by atoms with van der Waals surface area (Å²) in [5.74, 6) is 0.925. The maximum absolute atomic E-state index is 5.96. The van der Waals surface area contributed by atoms with Crippen LogP contribution in [0.2, 0.25) is 0 Å². The average molecular weight is 278 g/mol. The van der Waals surface area contributed by atoms with Crippen LogP contribution in [0.3, 0.4) is 0 Å². The molecule has 112 valence electrons. The van der Waals surface area contributed by atoms with Crippen LogP contribution in [0.15, 0.2) is 18.2 Å². The molecule has 0 radical (unpaired) electrons. The first-order chi connectivity index (χ1) is 9.60. The second-order valence-electron chi connectivity index (χ2n) is 5.69. The van der Waals surface area contributed by atoms with Crippen LogP contribution in [0.25, 0.3) is 0 Å². The van der Waals surface area contributed by atoms with Gasteiger partial charge in [-0.1, -0.05) is 6.07 Å². The topological polar surface area (TPSA) is 47.7 Å². The van der Waals surface area contributed by atoms with E-state index >= 15 is 0 Å². The second kappa shape index (κ2) is 7.07. The maximum atomic E-state index is 5.96. The van der Waals surface area contributed by atoms with E-state index in [-0.39, 0.29) is 6.04 Å². The van der Waals surface area contributed by atoms with Crippen molar-refractivity contribution in [3.8, 4) is 5.75 Å². The van der Waals surface area contributed by atoms with Crippen LogP contribution in [-0.2, 0) is 11.3 Å². The molecule has 2 atom stereocenters. The van der Waals surface area contributed by atoms with Gasteiger partial charge in [0.15, 0.2) is 0 Å². The first-order valence-corrected chi connectivity index (χ1v) is 7.32. The van der Waals surface area contributed by atoms with Crippen LogP contribution in [0.5, 0.6) is 5.75 Å². The standard InChI is InChI=1S/C16H26N2O2/c1-12(17)13-6-7-16(19-3)14(9-13)10-18(2)11-15-5-4-8-20-15/h6-7,9,12,15H,4-5,8,10-11,17H2,1-3H3. The fraction of sp³-hybridized carbons (Fsp3) is 0.625. The Kier molecular flexibility index (Phi) is 5.40. The zero-order valence-corrected chi connectivity index (χ0v) is 12.8. The summed E-state index contributed by atoms with van der Waals surface area (Å²) in [7, 11) is 3.84. The fourth-order valence-corrected chi connectivity index (χ4v) is 2.70. The van der Waals surface area contributed by atoms with Gasteiger partial charge in [-0.2, -0.15) is 0 Å². The van der Waals surface area contributed by atoms with E-state index in [4.69, 9.17) is 15.2 Å². The van der Waals surface area contributed by atoms with Crippen molar-refractivity contribution in [1.82, 2.24) is 4.90 Å². The highest BCUT2D eigenvalue weighted by Gasteiger charge is 2.18. The van der Waals surface area contributed by atoms with Crippen LogP contribution in [0.1, 0.15) is 36.9 Å². The predicted octanol–water partition coefficient (Wildman–Crippen LogP) is 2.33. The normalized spacial score (nSPS) is 20.4. The highest BCUT2D eigenvalue weighted by Crippen LogP contribution is 2.24. The van der Waals surface area contributed by atoms with Crippen molar-refractivity contribution in [3.05, 3.63) is 29.3 Å². The molecule has 1 saturated heterocycles. The zero-order chi connectivity index (χ0) is 14.5. The van der Waals surface area contributed by atoms with E-state index in [0.29, 0.717) is 6.10 Å². The van der Waals surface area contributed by atoms with Gasteiger partial charge in [-0.3, -0.25) is 4.90 Å². The van der Waals surface area contributed by atoms with Gasteiger partial charge < -0.3 is 15.2 Å². The fourth-order valence-electron chi connectivity index (χ4n) is 2.70. The molecule has 0 amide bonds. The molecule has 0 bridgehead atoms. The van der Waals surface area contributed by atoms with Crippen LogP contribution in [0, 0.1) is 0 Å². The predicted molar refractivity (Wildman–Crippen MR) is 80.9 cm³/mol. The Bertz CT molecular complexity index is 428. The van der Waals surface area contributed by atoms with Crippen LogP contribution in [0.4, 0.5) is 0 Å². The Morgan fingerprint density at radius 3 is 2.90 bits per heavy atom. The number of benzene rings is 1. The van der Waals surface area contributed by atoms with Gasteiger partial charge in [0, 0.05) is 31.3 Å². The lowest BCUT2D eigenvalue weighted by Gasteiger charge is -2.22. The van der Waals surface area contributed by atoms with Gasteiger partial charge in [0.25, 0.3) is 0 Å². The van der Waals surface area contributed by atoms with Gasteiger partial charge in [-0.15, -0.1) is 0 Å². The lowest BCUT2D eigenvalue weighted by Crippen LogP contribution is -2.28. The molecular weight excluding hydrogens is 252 g/mol.